The molecule has 1 N–H and O–H groups in total. The molecule has 0 aromatic heterocycles. The summed E-state index contributed by atoms with van der Waals surface area (Å²) in [4.78, 5) is 0. The van der Waals surface area contributed by atoms with E-state index in [0.717, 1.165) is 23.5 Å². The summed E-state index contributed by atoms with van der Waals surface area (Å²) in [6.07, 6.45) is 9.14. The van der Waals surface area contributed by atoms with Gasteiger partial charge in [-0.3, -0.25) is 0 Å². The highest BCUT2D eigenvalue weighted by molar-refractivity contribution is 5.72. The van der Waals surface area contributed by atoms with E-state index < -0.39 is 0 Å². The number of phenolic OH excluding ortho intramolecular Hbond substituents is 1. The molecule has 1 saturated carbocycles. The van der Waals surface area contributed by atoms with Crippen molar-refractivity contribution in [3.63, 3.8) is 0 Å². The Morgan fingerprint density at radius 2 is 2.17 bits per heavy atom. The first-order valence-electron chi connectivity index (χ1n) is 6.32. The summed E-state index contributed by atoms with van der Waals surface area (Å²) in [5.41, 5.74) is 2.33. The SMILES string of the molecule is C=CC/C=C1/C=C(c2ccc(O)cc2C2CC2)O1. The monoisotopic (exact) mass is 240 g/mol. The van der Waals surface area contributed by atoms with Crippen LogP contribution in [0.25, 0.3) is 5.76 Å². The number of ether oxygens (including phenoxy) is 1. The van der Waals surface area contributed by atoms with Crippen molar-refractivity contribution in [1.29, 1.82) is 0 Å². The topological polar surface area (TPSA) is 29.5 Å². The molecule has 2 heteroatoms. The third kappa shape index (κ3) is 2.06. The van der Waals surface area contributed by atoms with Crippen molar-refractivity contribution >= 4 is 5.76 Å². The summed E-state index contributed by atoms with van der Waals surface area (Å²) in [6.45, 7) is 3.67. The Hall–Kier alpha value is -1.96. The minimum Gasteiger partial charge on any atom is -0.508 e. The number of aromatic hydroxyl groups is 1. The van der Waals surface area contributed by atoms with Gasteiger partial charge < -0.3 is 9.84 Å². The molecular weight excluding hydrogens is 224 g/mol. The van der Waals surface area contributed by atoms with Gasteiger partial charge in [-0.15, -0.1) is 6.58 Å². The molecule has 1 aliphatic carbocycles. The normalized spacial score (nSPS) is 20.0. The smallest absolute Gasteiger partial charge is 0.138 e. The van der Waals surface area contributed by atoms with Crippen LogP contribution in [0.15, 0.2) is 48.8 Å². The third-order valence-corrected chi connectivity index (χ3v) is 3.30. The second kappa shape index (κ2) is 4.37. The Bertz CT molecular complexity index is 548. The lowest BCUT2D eigenvalue weighted by Gasteiger charge is -2.22. The second-order valence-corrected chi connectivity index (χ2v) is 4.79. The van der Waals surface area contributed by atoms with Crippen molar-refractivity contribution in [2.24, 2.45) is 0 Å². The molecule has 0 unspecified atom stereocenters. The first-order valence-corrected chi connectivity index (χ1v) is 6.32. The fourth-order valence-corrected chi connectivity index (χ4v) is 2.20. The molecule has 1 aliphatic heterocycles. The minimum absolute atomic E-state index is 0.336. The molecule has 0 atom stereocenters. The van der Waals surface area contributed by atoms with Gasteiger partial charge in [0.05, 0.1) is 0 Å². The van der Waals surface area contributed by atoms with Gasteiger partial charge in [0.1, 0.15) is 17.3 Å². The summed E-state index contributed by atoms with van der Waals surface area (Å²) in [5, 5.41) is 9.57. The van der Waals surface area contributed by atoms with Crippen LogP contribution in [0.5, 0.6) is 5.75 Å². The van der Waals surface area contributed by atoms with Crippen LogP contribution in [-0.2, 0) is 4.74 Å². The summed E-state index contributed by atoms with van der Waals surface area (Å²) < 4.78 is 5.68. The highest BCUT2D eigenvalue weighted by Crippen LogP contribution is 2.46. The molecule has 1 aromatic carbocycles. The summed E-state index contributed by atoms with van der Waals surface area (Å²) >= 11 is 0. The van der Waals surface area contributed by atoms with Crippen molar-refractivity contribution in [3.8, 4) is 5.75 Å². The van der Waals surface area contributed by atoms with Gasteiger partial charge in [0, 0.05) is 11.6 Å². The highest BCUT2D eigenvalue weighted by atomic mass is 16.5. The van der Waals surface area contributed by atoms with Crippen molar-refractivity contribution in [2.45, 2.75) is 25.2 Å². The zero-order valence-corrected chi connectivity index (χ0v) is 10.2. The molecule has 1 fully saturated rings. The number of benzene rings is 1. The predicted molar refractivity (Wildman–Crippen MR) is 72.0 cm³/mol. The lowest BCUT2D eigenvalue weighted by molar-refractivity contribution is 0.360. The lowest BCUT2D eigenvalue weighted by atomic mass is 9.99. The van der Waals surface area contributed by atoms with Crippen LogP contribution in [0.1, 0.15) is 36.3 Å². The van der Waals surface area contributed by atoms with E-state index in [1.54, 1.807) is 6.07 Å². The van der Waals surface area contributed by atoms with Crippen LogP contribution in [-0.4, -0.2) is 5.11 Å². The van der Waals surface area contributed by atoms with Crippen LogP contribution < -0.4 is 0 Å². The zero-order valence-electron chi connectivity index (χ0n) is 10.2. The predicted octanol–water partition coefficient (Wildman–Crippen LogP) is 4.10. The number of phenols is 1. The Kier molecular flexibility index (Phi) is 2.71. The summed E-state index contributed by atoms with van der Waals surface area (Å²) in [5.74, 6) is 2.74. The zero-order chi connectivity index (χ0) is 12.5. The van der Waals surface area contributed by atoms with Gasteiger partial charge in [-0.1, -0.05) is 6.08 Å². The maximum absolute atomic E-state index is 9.57. The molecule has 92 valence electrons. The number of hydrogen-bond acceptors (Lipinski definition) is 2. The van der Waals surface area contributed by atoms with Crippen molar-refractivity contribution in [3.05, 3.63) is 59.9 Å². The van der Waals surface area contributed by atoms with E-state index in [4.69, 9.17) is 4.74 Å². The van der Waals surface area contributed by atoms with E-state index in [2.05, 4.69) is 6.58 Å². The van der Waals surface area contributed by atoms with Gasteiger partial charge in [0.25, 0.3) is 0 Å². The molecule has 1 aromatic rings. The van der Waals surface area contributed by atoms with Crippen LogP contribution in [0, 0.1) is 0 Å². The Morgan fingerprint density at radius 1 is 1.39 bits per heavy atom. The van der Waals surface area contributed by atoms with Gasteiger partial charge in [-0.05, 0) is 55.0 Å². The molecular formula is C16H16O2. The molecule has 0 saturated heterocycles. The Balaban J connectivity index is 1.88. The van der Waals surface area contributed by atoms with Crippen molar-refractivity contribution < 1.29 is 9.84 Å². The molecule has 18 heavy (non-hydrogen) atoms. The van der Waals surface area contributed by atoms with E-state index in [1.165, 1.54) is 18.4 Å². The molecule has 0 bridgehead atoms. The Morgan fingerprint density at radius 3 is 2.83 bits per heavy atom. The minimum atomic E-state index is 0.336. The maximum atomic E-state index is 9.57. The average molecular weight is 240 g/mol. The standard InChI is InChI=1S/C16H16O2/c1-2-3-4-13-10-16(18-13)14-8-7-12(17)9-15(14)11-5-6-11/h2,4,7-11,17H,1,3,5-6H2/b13-4-. The van der Waals surface area contributed by atoms with E-state index >= 15 is 0 Å². The molecule has 0 radical (unpaired) electrons. The van der Waals surface area contributed by atoms with Crippen molar-refractivity contribution in [2.75, 3.05) is 0 Å². The summed E-state index contributed by atoms with van der Waals surface area (Å²) in [7, 11) is 0. The van der Waals surface area contributed by atoms with Gasteiger partial charge in [-0.2, -0.15) is 0 Å². The Labute approximate surface area is 107 Å². The van der Waals surface area contributed by atoms with Crippen molar-refractivity contribution in [1.82, 2.24) is 0 Å². The van der Waals surface area contributed by atoms with Gasteiger partial charge >= 0.3 is 0 Å². The molecule has 3 rings (SSSR count). The van der Waals surface area contributed by atoms with Gasteiger partial charge in [0.2, 0.25) is 0 Å². The van der Waals surface area contributed by atoms with Gasteiger partial charge in [0.15, 0.2) is 0 Å². The second-order valence-electron chi connectivity index (χ2n) is 4.79. The highest BCUT2D eigenvalue weighted by Gasteiger charge is 2.29. The average Bonchev–Trinajstić information content (AvgIpc) is 3.12. The first-order chi connectivity index (χ1) is 8.78. The van der Waals surface area contributed by atoms with Crippen LogP contribution >= 0.6 is 0 Å². The van der Waals surface area contributed by atoms with E-state index in [1.807, 2.05) is 30.4 Å². The third-order valence-electron chi connectivity index (χ3n) is 3.30. The molecule has 0 spiro atoms. The fraction of sp³-hybridized carbons (Fsp3) is 0.250. The lowest BCUT2D eigenvalue weighted by Crippen LogP contribution is -2.04. The molecule has 1 heterocycles. The fourth-order valence-electron chi connectivity index (χ4n) is 2.20. The first kappa shape index (κ1) is 11.1. The molecule has 0 amide bonds. The number of allylic oxidation sites excluding steroid dienone is 3. The van der Waals surface area contributed by atoms with Crippen LogP contribution in [0.4, 0.5) is 0 Å². The number of rotatable bonds is 4. The van der Waals surface area contributed by atoms with E-state index in [-0.39, 0.29) is 0 Å². The van der Waals surface area contributed by atoms with Crippen LogP contribution in [0.2, 0.25) is 0 Å². The molecule has 2 aliphatic rings. The van der Waals surface area contributed by atoms with E-state index in [0.29, 0.717) is 11.7 Å². The largest absolute Gasteiger partial charge is 0.508 e. The van der Waals surface area contributed by atoms with Gasteiger partial charge in [-0.25, -0.2) is 0 Å². The summed E-state index contributed by atoms with van der Waals surface area (Å²) in [6, 6.07) is 5.53. The maximum Gasteiger partial charge on any atom is 0.138 e. The number of hydrogen-bond donors (Lipinski definition) is 1. The molecule has 2 nitrogen and oxygen atoms in total. The quantitative estimate of drug-likeness (QED) is 0.803. The van der Waals surface area contributed by atoms with Crippen LogP contribution in [0.3, 0.4) is 0 Å². The van der Waals surface area contributed by atoms with E-state index in [9.17, 15) is 5.11 Å².